The van der Waals surface area contributed by atoms with Crippen LogP contribution in [0, 0.1) is 11.7 Å². The fourth-order valence-electron chi connectivity index (χ4n) is 5.59. The molecule has 0 radical (unpaired) electrons. The highest BCUT2D eigenvalue weighted by atomic mass is 19.1. The molecule has 1 aliphatic carbocycles. The molecular weight excluding hydrogens is 435 g/mol. The second-order valence-corrected chi connectivity index (χ2v) is 9.16. The average molecular weight is 459 g/mol. The molecule has 0 spiro atoms. The van der Waals surface area contributed by atoms with Gasteiger partial charge in [-0.25, -0.2) is 9.37 Å². The molecule has 0 unspecified atom stereocenters. The van der Waals surface area contributed by atoms with Crippen molar-refractivity contribution in [1.82, 2.24) is 24.3 Å². The number of hydrogen-bond donors (Lipinski definition) is 3. The summed E-state index contributed by atoms with van der Waals surface area (Å²) in [7, 11) is 1.77. The molecule has 1 aliphatic heterocycles. The van der Waals surface area contributed by atoms with Crippen LogP contribution in [-0.2, 0) is 0 Å². The number of imidazole rings is 1. The Balaban J connectivity index is 1.41. The zero-order valence-electron chi connectivity index (χ0n) is 18.5. The van der Waals surface area contributed by atoms with Crippen LogP contribution in [0.1, 0.15) is 12.8 Å². The van der Waals surface area contributed by atoms with Crippen LogP contribution in [0.5, 0.6) is 11.8 Å². The van der Waals surface area contributed by atoms with Crippen molar-refractivity contribution in [3.8, 4) is 11.8 Å². The predicted octanol–water partition coefficient (Wildman–Crippen LogP) is 3.66. The first-order valence-electron chi connectivity index (χ1n) is 11.4. The Kier molecular flexibility index (Phi) is 4.04. The van der Waals surface area contributed by atoms with Crippen molar-refractivity contribution in [2.75, 3.05) is 23.8 Å². The van der Waals surface area contributed by atoms with Crippen molar-refractivity contribution in [2.24, 2.45) is 11.7 Å². The molecule has 5 aromatic rings. The number of fused-ring (bicyclic) bond motifs is 6. The summed E-state index contributed by atoms with van der Waals surface area (Å²) in [4.78, 5) is 19.5. The number of nitrogens with one attached hydrogen (secondary N) is 2. The fourth-order valence-corrected chi connectivity index (χ4v) is 5.59. The van der Waals surface area contributed by atoms with Crippen molar-refractivity contribution in [1.29, 1.82) is 0 Å². The van der Waals surface area contributed by atoms with Crippen LogP contribution in [0.3, 0.4) is 0 Å². The fraction of sp³-hybridized carbons (Fsp3) is 0.292. The third kappa shape index (κ3) is 2.84. The van der Waals surface area contributed by atoms with Crippen LogP contribution in [0.25, 0.3) is 27.6 Å². The van der Waals surface area contributed by atoms with Gasteiger partial charge in [-0.05, 0) is 37.0 Å². The Labute approximate surface area is 193 Å². The number of nitrogens with two attached hydrogens (primary N) is 1. The van der Waals surface area contributed by atoms with E-state index < -0.39 is 0 Å². The molecular formula is C24H23FN8O. The summed E-state index contributed by atoms with van der Waals surface area (Å²) in [6, 6.07) is 7.43. The number of aromatic nitrogens is 5. The van der Waals surface area contributed by atoms with E-state index in [1.54, 1.807) is 13.2 Å². The van der Waals surface area contributed by atoms with Crippen LogP contribution in [0.15, 0.2) is 42.9 Å². The largest absolute Gasteiger partial charge is 0.424 e. The van der Waals surface area contributed by atoms with Crippen molar-refractivity contribution in [3.63, 3.8) is 0 Å². The van der Waals surface area contributed by atoms with Gasteiger partial charge >= 0.3 is 6.01 Å². The molecule has 9 nitrogen and oxygen atoms in total. The highest BCUT2D eigenvalue weighted by molar-refractivity contribution is 6.14. The smallest absolute Gasteiger partial charge is 0.325 e. The number of pyridine rings is 1. The molecule has 4 N–H and O–H groups in total. The first-order chi connectivity index (χ1) is 16.6. The lowest BCUT2D eigenvalue weighted by atomic mass is 10.0. The second kappa shape index (κ2) is 7.04. The molecule has 7 rings (SSSR count). The van der Waals surface area contributed by atoms with Gasteiger partial charge in [-0.1, -0.05) is 0 Å². The molecule has 5 heterocycles. The Hall–Kier alpha value is -3.92. The summed E-state index contributed by atoms with van der Waals surface area (Å²) in [5, 5.41) is 4.61. The first-order valence-corrected chi connectivity index (χ1v) is 11.4. The summed E-state index contributed by atoms with van der Waals surface area (Å²) < 4.78 is 22.5. The lowest BCUT2D eigenvalue weighted by molar-refractivity contribution is 0.439. The van der Waals surface area contributed by atoms with Gasteiger partial charge in [-0.15, -0.1) is 0 Å². The van der Waals surface area contributed by atoms with E-state index in [2.05, 4.69) is 25.2 Å². The van der Waals surface area contributed by atoms with E-state index in [4.69, 9.17) is 15.5 Å². The van der Waals surface area contributed by atoms with Crippen molar-refractivity contribution < 1.29 is 9.13 Å². The number of ether oxygens (including phenoxy) is 1. The number of rotatable bonds is 4. The number of aromatic amines is 1. The zero-order chi connectivity index (χ0) is 23.0. The molecule has 4 aromatic heterocycles. The number of H-pyrrole nitrogens is 1. The van der Waals surface area contributed by atoms with Crippen molar-refractivity contribution >= 4 is 39.1 Å². The Morgan fingerprint density at radius 3 is 2.91 bits per heavy atom. The maximum absolute atomic E-state index is 14.5. The van der Waals surface area contributed by atoms with Gasteiger partial charge in [-0.2, -0.15) is 9.97 Å². The maximum Gasteiger partial charge on any atom is 0.325 e. The van der Waals surface area contributed by atoms with Crippen LogP contribution < -0.4 is 20.7 Å². The summed E-state index contributed by atoms with van der Waals surface area (Å²) in [5.41, 5.74) is 9.13. The van der Waals surface area contributed by atoms with Gasteiger partial charge < -0.3 is 30.1 Å². The minimum atomic E-state index is -0.318. The molecule has 1 aromatic carbocycles. The molecule has 10 heteroatoms. The lowest BCUT2D eigenvalue weighted by Crippen LogP contribution is -2.41. The van der Waals surface area contributed by atoms with E-state index in [1.807, 2.05) is 28.9 Å². The molecule has 1 saturated carbocycles. The van der Waals surface area contributed by atoms with E-state index in [1.165, 1.54) is 12.1 Å². The van der Waals surface area contributed by atoms with E-state index >= 15 is 0 Å². The lowest BCUT2D eigenvalue weighted by Gasteiger charge is -2.31. The number of hydrogen-bond acceptors (Lipinski definition) is 7. The second-order valence-electron chi connectivity index (χ2n) is 9.16. The maximum atomic E-state index is 14.5. The molecule has 1 saturated heterocycles. The third-order valence-electron chi connectivity index (χ3n) is 7.20. The topological polar surface area (TPSA) is 109 Å². The number of benzene rings is 1. The number of piperidine rings is 1. The van der Waals surface area contributed by atoms with Crippen LogP contribution >= 0.6 is 0 Å². The van der Waals surface area contributed by atoms with E-state index in [0.717, 1.165) is 47.1 Å². The monoisotopic (exact) mass is 458 g/mol. The van der Waals surface area contributed by atoms with Gasteiger partial charge in [0, 0.05) is 55.7 Å². The molecule has 2 aliphatic rings. The molecule has 2 bridgehead atoms. The van der Waals surface area contributed by atoms with Crippen LogP contribution in [0.2, 0.25) is 0 Å². The van der Waals surface area contributed by atoms with Gasteiger partial charge in [0.1, 0.15) is 28.7 Å². The molecule has 0 amide bonds. The average Bonchev–Trinajstić information content (AvgIpc) is 3.60. The first kappa shape index (κ1) is 19.5. The van der Waals surface area contributed by atoms with E-state index in [0.29, 0.717) is 29.0 Å². The van der Waals surface area contributed by atoms with Gasteiger partial charge in [0.15, 0.2) is 0 Å². The summed E-state index contributed by atoms with van der Waals surface area (Å²) >= 11 is 0. The van der Waals surface area contributed by atoms with Crippen LogP contribution in [-0.4, -0.2) is 50.0 Å². The third-order valence-corrected chi connectivity index (χ3v) is 7.20. The van der Waals surface area contributed by atoms with Crippen molar-refractivity contribution in [3.05, 3.63) is 48.7 Å². The molecule has 172 valence electrons. The Morgan fingerprint density at radius 1 is 1.21 bits per heavy atom. The van der Waals surface area contributed by atoms with Gasteiger partial charge in [-0.3, -0.25) is 0 Å². The summed E-state index contributed by atoms with van der Waals surface area (Å²) in [6.07, 6.45) is 7.44. The molecule has 2 fully saturated rings. The number of anilines is 2. The summed E-state index contributed by atoms with van der Waals surface area (Å²) in [5.74, 6) is 1.45. The standard InChI is InChI=1S/C24H23FN8O/c1-27-18-8-13(25)7-16-20-22(29-21(16)18)30-24(34-15-2-4-32-5-3-28-19(32)10-15)31-23(20)33-11-12-6-14(33)9-17(12)26/h2-5,7-8,10,12,14,17,27H,6,9,11,26H2,1H3,(H,29,30,31)/t12-,14-,17-/m1/s1. The van der Waals surface area contributed by atoms with Gasteiger partial charge in [0.2, 0.25) is 0 Å². The minimum absolute atomic E-state index is 0.215. The highest BCUT2D eigenvalue weighted by Crippen LogP contribution is 2.44. The minimum Gasteiger partial charge on any atom is -0.424 e. The number of nitrogens with zero attached hydrogens (tertiary/aromatic N) is 5. The Bertz CT molecular complexity index is 1570. The predicted molar refractivity (Wildman–Crippen MR) is 128 cm³/mol. The normalized spacial score (nSPS) is 21.9. The number of halogens is 1. The quantitative estimate of drug-likeness (QED) is 0.377. The van der Waals surface area contributed by atoms with Gasteiger partial charge in [0.25, 0.3) is 0 Å². The summed E-state index contributed by atoms with van der Waals surface area (Å²) in [6.45, 7) is 0.818. The van der Waals surface area contributed by atoms with Crippen LogP contribution in [0.4, 0.5) is 15.9 Å². The van der Waals surface area contributed by atoms with E-state index in [-0.39, 0.29) is 17.9 Å². The zero-order valence-corrected chi connectivity index (χ0v) is 18.5. The Morgan fingerprint density at radius 2 is 2.12 bits per heavy atom. The van der Waals surface area contributed by atoms with Crippen molar-refractivity contribution in [2.45, 2.75) is 24.9 Å². The highest BCUT2D eigenvalue weighted by Gasteiger charge is 2.44. The molecule has 34 heavy (non-hydrogen) atoms. The van der Waals surface area contributed by atoms with Gasteiger partial charge in [0.05, 0.1) is 16.6 Å². The molecule has 3 atom stereocenters. The SMILES string of the molecule is CNc1cc(F)cc2c1[nH]c1nc(Oc3ccn4ccnc4c3)nc(N3C[C@H]4C[C@@H]3C[C@H]4N)c12. The van der Waals surface area contributed by atoms with E-state index in [9.17, 15) is 4.39 Å².